The second-order valence-corrected chi connectivity index (χ2v) is 7.28. The topological polar surface area (TPSA) is 67.4 Å². The van der Waals surface area contributed by atoms with Crippen molar-refractivity contribution < 1.29 is 14.3 Å². The van der Waals surface area contributed by atoms with Crippen molar-refractivity contribution in [3.05, 3.63) is 65.7 Å². The van der Waals surface area contributed by atoms with Crippen molar-refractivity contribution in [2.75, 3.05) is 7.11 Å². The summed E-state index contributed by atoms with van der Waals surface area (Å²) < 4.78 is 5.32. The molecule has 2 aromatic carbocycles. The molecular formula is C23H28N2O3. The minimum atomic E-state index is -0.0205. The van der Waals surface area contributed by atoms with E-state index >= 15 is 0 Å². The Morgan fingerprint density at radius 2 is 1.36 bits per heavy atom. The number of carbonyl (C=O) groups is 2. The Hall–Kier alpha value is -2.82. The third kappa shape index (κ3) is 5.35. The molecule has 0 aromatic heterocycles. The van der Waals surface area contributed by atoms with Crippen LogP contribution >= 0.6 is 0 Å². The number of rotatable bonds is 7. The normalized spacial score (nSPS) is 18.9. The van der Waals surface area contributed by atoms with Gasteiger partial charge in [0.15, 0.2) is 0 Å². The largest absolute Gasteiger partial charge is 0.496 e. The van der Waals surface area contributed by atoms with Crippen LogP contribution in [0.25, 0.3) is 0 Å². The van der Waals surface area contributed by atoms with Gasteiger partial charge in [0.2, 0.25) is 11.8 Å². The van der Waals surface area contributed by atoms with Crippen LogP contribution in [0.4, 0.5) is 0 Å². The molecule has 1 aliphatic carbocycles. The van der Waals surface area contributed by atoms with Crippen LogP contribution in [0.3, 0.4) is 0 Å². The number of benzene rings is 2. The van der Waals surface area contributed by atoms with E-state index in [1.807, 2.05) is 54.6 Å². The molecule has 3 rings (SSSR count). The molecule has 0 bridgehead atoms. The number of para-hydroxylation sites is 1. The highest BCUT2D eigenvalue weighted by Crippen LogP contribution is 2.29. The quantitative estimate of drug-likeness (QED) is 0.773. The van der Waals surface area contributed by atoms with Crippen molar-refractivity contribution in [1.82, 2.24) is 10.6 Å². The van der Waals surface area contributed by atoms with E-state index in [1.54, 1.807) is 7.11 Å². The summed E-state index contributed by atoms with van der Waals surface area (Å²) in [6, 6.07) is 17.6. The minimum Gasteiger partial charge on any atom is -0.496 e. The van der Waals surface area contributed by atoms with Crippen molar-refractivity contribution in [3.63, 3.8) is 0 Å². The van der Waals surface area contributed by atoms with Gasteiger partial charge < -0.3 is 15.4 Å². The number of hydrogen-bond donors (Lipinski definition) is 2. The van der Waals surface area contributed by atoms with Crippen molar-refractivity contribution in [2.45, 2.75) is 38.8 Å². The summed E-state index contributed by atoms with van der Waals surface area (Å²) in [5.74, 6) is 0.919. The van der Waals surface area contributed by atoms with Crippen molar-refractivity contribution >= 4 is 11.8 Å². The zero-order valence-corrected chi connectivity index (χ0v) is 16.3. The maximum atomic E-state index is 12.5. The first-order valence-corrected chi connectivity index (χ1v) is 9.88. The highest BCUT2D eigenvalue weighted by Gasteiger charge is 2.29. The van der Waals surface area contributed by atoms with Gasteiger partial charge in [-0.15, -0.1) is 0 Å². The highest BCUT2D eigenvalue weighted by molar-refractivity contribution is 5.81. The van der Waals surface area contributed by atoms with Gasteiger partial charge in [-0.2, -0.15) is 0 Å². The molecule has 5 heteroatoms. The monoisotopic (exact) mass is 380 g/mol. The zero-order chi connectivity index (χ0) is 19.8. The van der Waals surface area contributed by atoms with Gasteiger partial charge in [0.1, 0.15) is 5.75 Å². The van der Waals surface area contributed by atoms with E-state index in [2.05, 4.69) is 10.6 Å². The second-order valence-electron chi connectivity index (χ2n) is 7.28. The van der Waals surface area contributed by atoms with E-state index in [0.29, 0.717) is 13.1 Å². The smallest absolute Gasteiger partial charge is 0.223 e. The lowest BCUT2D eigenvalue weighted by Crippen LogP contribution is -2.37. The van der Waals surface area contributed by atoms with Crippen molar-refractivity contribution in [1.29, 1.82) is 0 Å². The van der Waals surface area contributed by atoms with Crippen LogP contribution in [0.1, 0.15) is 36.8 Å². The molecule has 0 saturated heterocycles. The molecule has 0 aliphatic heterocycles. The molecule has 2 aromatic rings. The third-order valence-electron chi connectivity index (χ3n) is 5.42. The van der Waals surface area contributed by atoms with E-state index in [0.717, 1.165) is 42.6 Å². The molecule has 1 fully saturated rings. The molecule has 0 atom stereocenters. The highest BCUT2D eigenvalue weighted by atomic mass is 16.5. The van der Waals surface area contributed by atoms with E-state index in [1.165, 1.54) is 0 Å². The average Bonchev–Trinajstić information content (AvgIpc) is 2.76. The predicted molar refractivity (Wildman–Crippen MR) is 109 cm³/mol. The summed E-state index contributed by atoms with van der Waals surface area (Å²) in [4.78, 5) is 24.9. The molecule has 2 amide bonds. The predicted octanol–water partition coefficient (Wildman–Crippen LogP) is 3.43. The molecule has 1 saturated carbocycles. The second kappa shape index (κ2) is 9.93. The Balaban J connectivity index is 1.41. The number of hydrogen-bond acceptors (Lipinski definition) is 3. The van der Waals surface area contributed by atoms with Crippen LogP contribution in [-0.2, 0) is 22.7 Å². The minimum absolute atomic E-state index is 0.00183. The first kappa shape index (κ1) is 19.9. The number of nitrogens with one attached hydrogen (secondary N) is 2. The fraction of sp³-hybridized carbons (Fsp3) is 0.391. The van der Waals surface area contributed by atoms with Crippen LogP contribution in [0.5, 0.6) is 5.75 Å². The Kier molecular flexibility index (Phi) is 7.06. The maximum absolute atomic E-state index is 12.5. The average molecular weight is 380 g/mol. The lowest BCUT2D eigenvalue weighted by atomic mass is 9.81. The van der Waals surface area contributed by atoms with E-state index in [9.17, 15) is 9.59 Å². The Bertz CT molecular complexity index is 783. The zero-order valence-electron chi connectivity index (χ0n) is 16.3. The number of amides is 2. The Morgan fingerprint density at radius 3 is 1.96 bits per heavy atom. The summed E-state index contributed by atoms with van der Waals surface area (Å²) >= 11 is 0. The van der Waals surface area contributed by atoms with Gasteiger partial charge >= 0.3 is 0 Å². The molecule has 148 valence electrons. The number of carbonyl (C=O) groups excluding carboxylic acids is 2. The van der Waals surface area contributed by atoms with Gasteiger partial charge in [-0.25, -0.2) is 0 Å². The van der Waals surface area contributed by atoms with Gasteiger partial charge in [-0.1, -0.05) is 48.5 Å². The molecule has 28 heavy (non-hydrogen) atoms. The number of methoxy groups -OCH3 is 1. The van der Waals surface area contributed by atoms with Gasteiger partial charge in [-0.3, -0.25) is 9.59 Å². The fourth-order valence-corrected chi connectivity index (χ4v) is 3.72. The standard InChI is InChI=1S/C23H28N2O3/c1-28-21-10-6-5-9-20(21)16-25-23(27)19-13-11-18(12-14-19)22(26)24-15-17-7-3-2-4-8-17/h2-10,18-19H,11-16H2,1H3,(H,24,26)(H,25,27). The SMILES string of the molecule is COc1ccccc1CNC(=O)C1CCC(C(=O)NCc2ccccc2)CC1. The molecule has 5 nitrogen and oxygen atoms in total. The number of ether oxygens (including phenoxy) is 1. The molecular weight excluding hydrogens is 352 g/mol. The van der Waals surface area contributed by atoms with Crippen LogP contribution in [0.15, 0.2) is 54.6 Å². The maximum Gasteiger partial charge on any atom is 0.223 e. The fourth-order valence-electron chi connectivity index (χ4n) is 3.72. The summed E-state index contributed by atoms with van der Waals surface area (Å²) in [6.07, 6.45) is 3.02. The summed E-state index contributed by atoms with van der Waals surface area (Å²) in [5, 5.41) is 6.03. The summed E-state index contributed by atoms with van der Waals surface area (Å²) in [6.45, 7) is 1.01. The van der Waals surface area contributed by atoms with Gasteiger partial charge in [0.05, 0.1) is 7.11 Å². The summed E-state index contributed by atoms with van der Waals surface area (Å²) in [7, 11) is 1.63. The third-order valence-corrected chi connectivity index (χ3v) is 5.42. The molecule has 2 N–H and O–H groups in total. The Morgan fingerprint density at radius 1 is 0.821 bits per heavy atom. The Labute approximate surface area is 166 Å². The van der Waals surface area contributed by atoms with Crippen LogP contribution in [-0.4, -0.2) is 18.9 Å². The van der Waals surface area contributed by atoms with Crippen LogP contribution in [0, 0.1) is 11.8 Å². The van der Waals surface area contributed by atoms with E-state index in [4.69, 9.17) is 4.74 Å². The van der Waals surface area contributed by atoms with Crippen LogP contribution in [0.2, 0.25) is 0 Å². The lowest BCUT2D eigenvalue weighted by Gasteiger charge is -2.27. The summed E-state index contributed by atoms with van der Waals surface area (Å²) in [5.41, 5.74) is 2.06. The van der Waals surface area contributed by atoms with Gasteiger partial charge in [-0.05, 0) is 37.3 Å². The van der Waals surface area contributed by atoms with Crippen LogP contribution < -0.4 is 15.4 Å². The van der Waals surface area contributed by atoms with Gasteiger partial charge in [0, 0.05) is 30.5 Å². The van der Waals surface area contributed by atoms with E-state index in [-0.39, 0.29) is 23.7 Å². The molecule has 0 unspecified atom stereocenters. The first-order chi connectivity index (χ1) is 13.7. The molecule has 1 aliphatic rings. The van der Waals surface area contributed by atoms with E-state index < -0.39 is 0 Å². The van der Waals surface area contributed by atoms with Crippen molar-refractivity contribution in [3.8, 4) is 5.75 Å². The first-order valence-electron chi connectivity index (χ1n) is 9.88. The van der Waals surface area contributed by atoms with Crippen molar-refractivity contribution in [2.24, 2.45) is 11.8 Å². The van der Waals surface area contributed by atoms with Gasteiger partial charge in [0.25, 0.3) is 0 Å². The molecule has 0 heterocycles. The molecule has 0 spiro atoms. The lowest BCUT2D eigenvalue weighted by molar-refractivity contribution is -0.130. The molecule has 0 radical (unpaired) electrons.